The summed E-state index contributed by atoms with van der Waals surface area (Å²) in [4.78, 5) is 23.0. The molecule has 1 aromatic carbocycles. The normalized spacial score (nSPS) is 11.8. The van der Waals surface area contributed by atoms with Gasteiger partial charge in [0.1, 0.15) is 6.04 Å². The van der Waals surface area contributed by atoms with Crippen molar-refractivity contribution in [2.24, 2.45) is 0 Å². The van der Waals surface area contributed by atoms with E-state index in [1.165, 1.54) is 0 Å². The molecule has 0 radical (unpaired) electrons. The summed E-state index contributed by atoms with van der Waals surface area (Å²) in [7, 11) is 0. The summed E-state index contributed by atoms with van der Waals surface area (Å²) in [6.45, 7) is 1.72. The lowest BCUT2D eigenvalue weighted by atomic mass is 10.1. The van der Waals surface area contributed by atoms with Crippen molar-refractivity contribution in [2.75, 3.05) is 0 Å². The highest BCUT2D eigenvalue weighted by Crippen LogP contribution is 2.11. The Balaban J connectivity index is 2.19. The van der Waals surface area contributed by atoms with E-state index in [0.717, 1.165) is 5.69 Å². The van der Waals surface area contributed by atoms with Crippen LogP contribution in [0, 0.1) is 0 Å². The smallest absolute Gasteiger partial charge is 0.326 e. The number of amides is 1. The molecule has 0 aliphatic rings. The minimum absolute atomic E-state index is 0.346. The number of benzene rings is 1. The van der Waals surface area contributed by atoms with Crippen LogP contribution in [0.15, 0.2) is 48.8 Å². The van der Waals surface area contributed by atoms with E-state index in [4.69, 9.17) is 5.11 Å². The number of carbonyl (C=O) groups excluding carboxylic acids is 1. The Kier molecular flexibility index (Phi) is 4.20. The molecule has 104 valence electrons. The van der Waals surface area contributed by atoms with Crippen LogP contribution in [-0.4, -0.2) is 27.6 Å². The van der Waals surface area contributed by atoms with Crippen LogP contribution in [0.4, 0.5) is 0 Å². The number of nitrogens with zero attached hydrogens (tertiary/aromatic N) is 1. The average Bonchev–Trinajstić information content (AvgIpc) is 2.98. The Bertz CT molecular complexity index is 605. The molecule has 1 unspecified atom stereocenters. The summed E-state index contributed by atoms with van der Waals surface area (Å²) < 4.78 is 1.88. The van der Waals surface area contributed by atoms with Crippen LogP contribution in [-0.2, 0) is 4.79 Å². The highest BCUT2D eigenvalue weighted by molar-refractivity contribution is 5.97. The topological polar surface area (TPSA) is 71.3 Å². The Hall–Kier alpha value is -2.56. The van der Waals surface area contributed by atoms with Crippen molar-refractivity contribution in [1.29, 1.82) is 0 Å². The molecule has 1 heterocycles. The fourth-order valence-corrected chi connectivity index (χ4v) is 1.89. The number of hydrogen-bond donors (Lipinski definition) is 2. The largest absolute Gasteiger partial charge is 0.480 e. The number of aromatic nitrogens is 1. The molecule has 1 atom stereocenters. The predicted molar refractivity (Wildman–Crippen MR) is 75.0 cm³/mol. The molecule has 1 aromatic heterocycles. The van der Waals surface area contributed by atoms with E-state index in [9.17, 15) is 9.59 Å². The summed E-state index contributed by atoms with van der Waals surface area (Å²) >= 11 is 0. The molecule has 5 nitrogen and oxygen atoms in total. The van der Waals surface area contributed by atoms with Crippen molar-refractivity contribution < 1.29 is 14.7 Å². The van der Waals surface area contributed by atoms with E-state index >= 15 is 0 Å². The van der Waals surface area contributed by atoms with E-state index in [-0.39, 0.29) is 5.91 Å². The molecule has 0 saturated heterocycles. The van der Waals surface area contributed by atoms with Gasteiger partial charge in [-0.25, -0.2) is 4.79 Å². The highest BCUT2D eigenvalue weighted by atomic mass is 16.4. The van der Waals surface area contributed by atoms with Gasteiger partial charge in [0, 0.05) is 23.6 Å². The van der Waals surface area contributed by atoms with Gasteiger partial charge in [-0.2, -0.15) is 0 Å². The molecule has 0 aliphatic heterocycles. The van der Waals surface area contributed by atoms with Gasteiger partial charge in [0.15, 0.2) is 0 Å². The zero-order valence-corrected chi connectivity index (χ0v) is 11.1. The highest BCUT2D eigenvalue weighted by Gasteiger charge is 2.18. The second-order valence-electron chi connectivity index (χ2n) is 4.41. The van der Waals surface area contributed by atoms with Crippen molar-refractivity contribution in [3.05, 3.63) is 54.4 Å². The molecule has 2 aromatic rings. The Labute approximate surface area is 116 Å². The maximum atomic E-state index is 12.1. The van der Waals surface area contributed by atoms with Crippen LogP contribution in [0.3, 0.4) is 0 Å². The SMILES string of the molecule is CCC(NC(=O)c1cccc(-n2cccc2)c1)C(=O)O. The van der Waals surface area contributed by atoms with Crippen molar-refractivity contribution in [1.82, 2.24) is 9.88 Å². The second kappa shape index (κ2) is 6.06. The molecule has 1 amide bonds. The fourth-order valence-electron chi connectivity index (χ4n) is 1.89. The number of rotatable bonds is 5. The summed E-state index contributed by atoms with van der Waals surface area (Å²) in [5, 5.41) is 11.5. The molecule has 0 aliphatic carbocycles. The molecular formula is C15H16N2O3. The number of aliphatic carboxylic acids is 1. The first-order valence-electron chi connectivity index (χ1n) is 6.39. The molecule has 20 heavy (non-hydrogen) atoms. The lowest BCUT2D eigenvalue weighted by Gasteiger charge is -2.13. The third kappa shape index (κ3) is 3.06. The molecule has 5 heteroatoms. The third-order valence-corrected chi connectivity index (χ3v) is 3.02. The zero-order valence-electron chi connectivity index (χ0n) is 11.1. The lowest BCUT2D eigenvalue weighted by molar-refractivity contribution is -0.139. The third-order valence-electron chi connectivity index (χ3n) is 3.02. The maximum Gasteiger partial charge on any atom is 0.326 e. The fraction of sp³-hybridized carbons (Fsp3) is 0.200. The maximum absolute atomic E-state index is 12.1. The van der Waals surface area contributed by atoms with Crippen molar-refractivity contribution in [2.45, 2.75) is 19.4 Å². The minimum atomic E-state index is -1.03. The van der Waals surface area contributed by atoms with Crippen molar-refractivity contribution in [3.63, 3.8) is 0 Å². The molecule has 0 fully saturated rings. The van der Waals surface area contributed by atoms with Crippen LogP contribution in [0.1, 0.15) is 23.7 Å². The van der Waals surface area contributed by atoms with Gasteiger partial charge < -0.3 is 15.0 Å². The Morgan fingerprint density at radius 3 is 2.55 bits per heavy atom. The molecule has 2 rings (SSSR count). The van der Waals surface area contributed by atoms with Crippen LogP contribution in [0.5, 0.6) is 0 Å². The van der Waals surface area contributed by atoms with E-state index in [1.54, 1.807) is 25.1 Å². The first-order chi connectivity index (χ1) is 9.61. The van der Waals surface area contributed by atoms with Gasteiger partial charge in [-0.3, -0.25) is 4.79 Å². The van der Waals surface area contributed by atoms with Crippen molar-refractivity contribution in [3.8, 4) is 5.69 Å². The standard InChI is InChI=1S/C15H16N2O3/c1-2-13(15(19)20)16-14(18)11-6-5-7-12(10-11)17-8-3-4-9-17/h3-10,13H,2H2,1H3,(H,16,18)(H,19,20). The summed E-state index contributed by atoms with van der Waals surface area (Å²) in [6.07, 6.45) is 4.10. The van der Waals surface area contributed by atoms with E-state index in [1.807, 2.05) is 35.2 Å². The van der Waals surface area contributed by atoms with Gasteiger partial charge >= 0.3 is 5.97 Å². The monoisotopic (exact) mass is 272 g/mol. The number of carboxylic acid groups (broad SMARTS) is 1. The van der Waals surface area contributed by atoms with Crippen molar-refractivity contribution >= 4 is 11.9 Å². The summed E-state index contributed by atoms with van der Waals surface area (Å²) in [5.41, 5.74) is 1.29. The van der Waals surface area contributed by atoms with E-state index in [2.05, 4.69) is 5.32 Å². The Morgan fingerprint density at radius 1 is 1.25 bits per heavy atom. The minimum Gasteiger partial charge on any atom is -0.480 e. The average molecular weight is 272 g/mol. The Morgan fingerprint density at radius 2 is 1.95 bits per heavy atom. The number of nitrogens with one attached hydrogen (secondary N) is 1. The van der Waals surface area contributed by atoms with Gasteiger partial charge in [-0.1, -0.05) is 13.0 Å². The molecule has 0 spiro atoms. The van der Waals surface area contributed by atoms with Crippen LogP contribution >= 0.6 is 0 Å². The lowest BCUT2D eigenvalue weighted by Crippen LogP contribution is -2.40. The van der Waals surface area contributed by atoms with Crippen LogP contribution in [0.25, 0.3) is 5.69 Å². The number of hydrogen-bond acceptors (Lipinski definition) is 2. The quantitative estimate of drug-likeness (QED) is 0.875. The first kappa shape index (κ1) is 13.9. The van der Waals surface area contributed by atoms with Gasteiger partial charge in [-0.05, 0) is 36.8 Å². The zero-order chi connectivity index (χ0) is 14.5. The van der Waals surface area contributed by atoms with Gasteiger partial charge in [0.05, 0.1) is 0 Å². The summed E-state index contributed by atoms with van der Waals surface area (Å²) in [6, 6.07) is 9.96. The van der Waals surface area contributed by atoms with E-state index in [0.29, 0.717) is 12.0 Å². The molecule has 2 N–H and O–H groups in total. The molecule has 0 saturated carbocycles. The van der Waals surface area contributed by atoms with Gasteiger partial charge in [0.2, 0.25) is 0 Å². The number of carboxylic acids is 1. The molecule has 0 bridgehead atoms. The number of carbonyl (C=O) groups is 2. The summed E-state index contributed by atoms with van der Waals surface area (Å²) in [5.74, 6) is -1.41. The van der Waals surface area contributed by atoms with Crippen LogP contribution in [0.2, 0.25) is 0 Å². The second-order valence-corrected chi connectivity index (χ2v) is 4.41. The first-order valence-corrected chi connectivity index (χ1v) is 6.39. The predicted octanol–water partition coefficient (Wildman–Crippen LogP) is 2.07. The van der Waals surface area contributed by atoms with Crippen LogP contribution < -0.4 is 5.32 Å². The van der Waals surface area contributed by atoms with E-state index < -0.39 is 12.0 Å². The van der Waals surface area contributed by atoms with Gasteiger partial charge in [-0.15, -0.1) is 0 Å². The van der Waals surface area contributed by atoms with Gasteiger partial charge in [0.25, 0.3) is 5.91 Å². The molecular weight excluding hydrogens is 256 g/mol.